The van der Waals surface area contributed by atoms with Gasteiger partial charge in [0, 0.05) is 62.3 Å². The third kappa shape index (κ3) is 5.62. The smallest absolute Gasteiger partial charge is 0.253 e. The molecule has 176 valence electrons. The van der Waals surface area contributed by atoms with Crippen LogP contribution in [0.4, 0.5) is 5.95 Å². The van der Waals surface area contributed by atoms with Crippen molar-refractivity contribution in [3.05, 3.63) is 78.1 Å². The predicted molar refractivity (Wildman–Crippen MR) is 136 cm³/mol. The Morgan fingerprint density at radius 2 is 1.50 bits per heavy atom. The van der Waals surface area contributed by atoms with Crippen molar-refractivity contribution < 1.29 is 4.79 Å². The van der Waals surface area contributed by atoms with Crippen LogP contribution in [-0.2, 0) is 6.54 Å². The van der Waals surface area contributed by atoms with Gasteiger partial charge in [0.2, 0.25) is 5.95 Å². The molecular weight excluding hydrogens is 422 g/mol. The fraction of sp³-hybridized carbons (Fsp3) is 0.393. The van der Waals surface area contributed by atoms with Crippen LogP contribution in [0, 0.1) is 0 Å². The highest BCUT2D eigenvalue weighted by atomic mass is 16.2. The zero-order valence-electron chi connectivity index (χ0n) is 19.7. The van der Waals surface area contributed by atoms with Crippen LogP contribution in [0.5, 0.6) is 0 Å². The maximum atomic E-state index is 13.0. The second-order valence-corrected chi connectivity index (χ2v) is 9.41. The van der Waals surface area contributed by atoms with Crippen LogP contribution in [0.15, 0.2) is 67.0 Å². The molecule has 6 heteroatoms. The Morgan fingerprint density at radius 3 is 2.18 bits per heavy atom. The molecule has 2 aromatic carbocycles. The summed E-state index contributed by atoms with van der Waals surface area (Å²) in [6, 6.07) is 18.8. The number of piperazine rings is 1. The van der Waals surface area contributed by atoms with Crippen molar-refractivity contribution in [1.82, 2.24) is 19.8 Å². The first kappa shape index (κ1) is 22.5. The number of nitrogens with zero attached hydrogens (tertiary/aromatic N) is 4. The van der Waals surface area contributed by atoms with Crippen LogP contribution < -0.4 is 5.32 Å². The van der Waals surface area contributed by atoms with Gasteiger partial charge in [0.25, 0.3) is 5.91 Å². The minimum atomic E-state index is 0.106. The Kier molecular flexibility index (Phi) is 7.15. The Labute approximate surface area is 202 Å². The Morgan fingerprint density at radius 1 is 0.824 bits per heavy atom. The van der Waals surface area contributed by atoms with Crippen LogP contribution in [0.1, 0.15) is 48.0 Å². The maximum Gasteiger partial charge on any atom is 0.253 e. The van der Waals surface area contributed by atoms with E-state index in [0.717, 1.165) is 49.4 Å². The van der Waals surface area contributed by atoms with E-state index in [1.165, 1.54) is 37.7 Å². The zero-order valence-corrected chi connectivity index (χ0v) is 19.7. The Bertz CT molecular complexity index is 1050. The Hall–Kier alpha value is -3.25. The molecule has 1 aliphatic carbocycles. The minimum Gasteiger partial charge on any atom is -0.351 e. The largest absolute Gasteiger partial charge is 0.351 e. The van der Waals surface area contributed by atoms with Gasteiger partial charge in [-0.05, 0) is 36.1 Å². The molecule has 3 aromatic rings. The lowest BCUT2D eigenvalue weighted by Crippen LogP contribution is -2.48. The number of carbonyl (C=O) groups is 1. The van der Waals surface area contributed by atoms with Gasteiger partial charge < -0.3 is 10.2 Å². The summed E-state index contributed by atoms with van der Waals surface area (Å²) in [4.78, 5) is 26.4. The Balaban J connectivity index is 1.14. The van der Waals surface area contributed by atoms with E-state index in [1.807, 2.05) is 47.6 Å². The van der Waals surface area contributed by atoms with Gasteiger partial charge in [-0.2, -0.15) is 0 Å². The van der Waals surface area contributed by atoms with E-state index >= 15 is 0 Å². The van der Waals surface area contributed by atoms with Crippen LogP contribution >= 0.6 is 0 Å². The number of carbonyl (C=O) groups excluding carboxylic acids is 1. The third-order valence-corrected chi connectivity index (χ3v) is 6.96. The molecule has 1 saturated carbocycles. The molecule has 1 amide bonds. The van der Waals surface area contributed by atoms with Crippen molar-refractivity contribution in [2.75, 3.05) is 31.5 Å². The first-order chi connectivity index (χ1) is 16.7. The molecule has 0 radical (unpaired) electrons. The van der Waals surface area contributed by atoms with Gasteiger partial charge in [0.1, 0.15) is 0 Å². The minimum absolute atomic E-state index is 0.106. The first-order valence-electron chi connectivity index (χ1n) is 12.5. The van der Waals surface area contributed by atoms with Crippen LogP contribution in [0.25, 0.3) is 11.1 Å². The molecule has 1 saturated heterocycles. The highest BCUT2D eigenvalue weighted by molar-refractivity contribution is 5.94. The lowest BCUT2D eigenvalue weighted by molar-refractivity contribution is 0.0628. The number of anilines is 1. The topological polar surface area (TPSA) is 61.4 Å². The van der Waals surface area contributed by atoms with Crippen LogP contribution in [0.3, 0.4) is 0 Å². The van der Waals surface area contributed by atoms with Gasteiger partial charge in [-0.25, -0.2) is 9.97 Å². The van der Waals surface area contributed by atoms with Crippen molar-refractivity contribution in [1.29, 1.82) is 0 Å². The molecule has 2 heterocycles. The third-order valence-electron chi connectivity index (χ3n) is 6.96. The van der Waals surface area contributed by atoms with E-state index < -0.39 is 0 Å². The van der Waals surface area contributed by atoms with Crippen molar-refractivity contribution in [2.45, 2.75) is 44.7 Å². The maximum absolute atomic E-state index is 13.0. The number of amides is 1. The molecule has 0 atom stereocenters. The monoisotopic (exact) mass is 455 g/mol. The van der Waals surface area contributed by atoms with Crippen LogP contribution in [-0.4, -0.2) is 57.9 Å². The standard InChI is InChI=1S/C28H33N5O/c34-27(33-17-15-32(16-18-33)21-22-7-3-1-4-8-22)24-13-11-23(12-14-24)25-19-29-28(30-20-25)31-26-9-5-2-6-10-26/h1,3-4,7-8,11-14,19-20,26H,2,5-6,9-10,15-18,21H2,(H,29,30,31). The summed E-state index contributed by atoms with van der Waals surface area (Å²) in [6.45, 7) is 4.26. The summed E-state index contributed by atoms with van der Waals surface area (Å²) < 4.78 is 0. The van der Waals surface area contributed by atoms with Crippen molar-refractivity contribution in [2.24, 2.45) is 0 Å². The molecule has 5 rings (SSSR count). The number of benzene rings is 2. The molecule has 1 N–H and O–H groups in total. The number of aromatic nitrogens is 2. The molecule has 34 heavy (non-hydrogen) atoms. The van der Waals surface area contributed by atoms with Gasteiger partial charge in [-0.3, -0.25) is 9.69 Å². The molecule has 2 fully saturated rings. The van der Waals surface area contributed by atoms with Crippen molar-refractivity contribution >= 4 is 11.9 Å². The number of hydrogen-bond donors (Lipinski definition) is 1. The fourth-order valence-corrected chi connectivity index (χ4v) is 4.92. The lowest BCUT2D eigenvalue weighted by Gasteiger charge is -2.34. The molecule has 0 unspecified atom stereocenters. The van der Waals surface area contributed by atoms with E-state index in [1.54, 1.807) is 0 Å². The molecular formula is C28H33N5O. The highest BCUT2D eigenvalue weighted by Gasteiger charge is 2.22. The lowest BCUT2D eigenvalue weighted by atomic mass is 9.96. The van der Waals surface area contributed by atoms with Crippen molar-refractivity contribution in [3.63, 3.8) is 0 Å². The molecule has 2 aliphatic rings. The predicted octanol–water partition coefficient (Wildman–Crippen LogP) is 4.85. The van der Waals surface area contributed by atoms with E-state index in [9.17, 15) is 4.79 Å². The average Bonchev–Trinajstić information content (AvgIpc) is 2.91. The summed E-state index contributed by atoms with van der Waals surface area (Å²) in [6.07, 6.45) is 10.0. The number of hydrogen-bond acceptors (Lipinski definition) is 5. The SMILES string of the molecule is O=C(c1ccc(-c2cnc(NC3CCCCC3)nc2)cc1)N1CCN(Cc2ccccc2)CC1. The molecule has 1 aliphatic heterocycles. The summed E-state index contributed by atoms with van der Waals surface area (Å²) in [7, 11) is 0. The van der Waals surface area contributed by atoms with Gasteiger partial charge >= 0.3 is 0 Å². The van der Waals surface area contributed by atoms with Gasteiger partial charge in [-0.15, -0.1) is 0 Å². The quantitative estimate of drug-likeness (QED) is 0.576. The number of rotatable bonds is 6. The van der Waals surface area contributed by atoms with Crippen LogP contribution in [0.2, 0.25) is 0 Å². The van der Waals surface area contributed by atoms with Gasteiger partial charge in [0.15, 0.2) is 0 Å². The summed E-state index contributed by atoms with van der Waals surface area (Å²) in [5.41, 5.74) is 4.03. The van der Waals surface area contributed by atoms with E-state index in [0.29, 0.717) is 12.0 Å². The highest BCUT2D eigenvalue weighted by Crippen LogP contribution is 2.22. The van der Waals surface area contributed by atoms with Gasteiger partial charge in [-0.1, -0.05) is 61.7 Å². The van der Waals surface area contributed by atoms with E-state index in [4.69, 9.17) is 0 Å². The average molecular weight is 456 g/mol. The zero-order chi connectivity index (χ0) is 23.2. The first-order valence-corrected chi connectivity index (χ1v) is 12.5. The molecule has 1 aromatic heterocycles. The second-order valence-electron chi connectivity index (χ2n) is 9.41. The normalized spacial score (nSPS) is 17.5. The number of nitrogens with one attached hydrogen (secondary N) is 1. The second kappa shape index (κ2) is 10.8. The summed E-state index contributed by atoms with van der Waals surface area (Å²) in [5.74, 6) is 0.808. The molecule has 6 nitrogen and oxygen atoms in total. The molecule has 0 spiro atoms. The summed E-state index contributed by atoms with van der Waals surface area (Å²) in [5, 5.41) is 3.46. The summed E-state index contributed by atoms with van der Waals surface area (Å²) >= 11 is 0. The van der Waals surface area contributed by atoms with Gasteiger partial charge in [0.05, 0.1) is 0 Å². The van der Waals surface area contributed by atoms with E-state index in [-0.39, 0.29) is 5.91 Å². The van der Waals surface area contributed by atoms with Crippen molar-refractivity contribution in [3.8, 4) is 11.1 Å². The molecule has 0 bridgehead atoms. The van der Waals surface area contributed by atoms with E-state index in [2.05, 4.69) is 44.5 Å². The fourth-order valence-electron chi connectivity index (χ4n) is 4.92.